The molecular weight excluding hydrogens is 566 g/mol. The fraction of sp³-hybridized carbons (Fsp3) is 0.692. The van der Waals surface area contributed by atoms with Crippen LogP contribution in [0, 0.1) is 19.8 Å². The number of methoxy groups -OCH3 is 2. The van der Waals surface area contributed by atoms with E-state index in [4.69, 9.17) is 17.0 Å². The van der Waals surface area contributed by atoms with E-state index >= 15 is 0 Å². The van der Waals surface area contributed by atoms with Gasteiger partial charge in [0.05, 0.1) is 51.9 Å². The van der Waals surface area contributed by atoms with Gasteiger partial charge in [-0.15, -0.1) is 5.92 Å². The molecule has 35 heavy (non-hydrogen) atoms. The zero-order valence-electron chi connectivity index (χ0n) is 21.5. The first-order valence-corrected chi connectivity index (χ1v) is 15.1. The number of hydrogen-bond acceptors (Lipinski definition) is 5. The Kier molecular flexibility index (Phi) is 13.2. The Bertz CT molecular complexity index is 758. The molecule has 1 N–H and O–H groups in total. The number of rotatable bonds is 9. The second-order valence-electron chi connectivity index (χ2n) is 9.75. The molecule has 0 amide bonds. The van der Waals surface area contributed by atoms with Crippen LogP contribution < -0.4 is 0 Å². The van der Waals surface area contributed by atoms with Gasteiger partial charge in [-0.05, 0) is 36.6 Å². The molecule has 1 aliphatic heterocycles. The minimum absolute atomic E-state index is 0. The van der Waals surface area contributed by atoms with E-state index in [1.165, 1.54) is 25.7 Å². The number of halogens is 1. The Morgan fingerprint density at radius 3 is 2.14 bits per heavy atom. The molecule has 1 unspecified atom stereocenters. The standard InChI is InChI=1S/C25H39BBrN2O3P.CH3.Fe/c1-31-16-14-28-23-12-5-6-13-24(23)29(15-17-32-2)33(28,26)20-9-7-8-19(18-20)25(30)21-10-3-4-11-22(21)27;;/h3-4,10-11,18-20,23-25,30H,5-9,12-17H2,1-2H3;1H3;/q;-1;+2/t19-,20?,23+,24+,25+;;/m0../s1. The Morgan fingerprint density at radius 1 is 1.03 bits per heavy atom. The van der Waals surface area contributed by atoms with Gasteiger partial charge in [0.15, 0.2) is 0 Å². The number of aliphatic hydroxyl groups is 1. The third-order valence-electron chi connectivity index (χ3n) is 7.96. The van der Waals surface area contributed by atoms with E-state index in [0.29, 0.717) is 25.3 Å². The molecule has 9 heteroatoms. The van der Waals surface area contributed by atoms with Crippen LogP contribution in [0.25, 0.3) is 0 Å². The van der Waals surface area contributed by atoms with E-state index in [9.17, 15) is 5.11 Å². The summed E-state index contributed by atoms with van der Waals surface area (Å²) in [4.78, 5) is 0. The number of hydrogen-bond donors (Lipinski definition) is 1. The van der Waals surface area contributed by atoms with Gasteiger partial charge in [0, 0.05) is 18.7 Å². The molecule has 1 heterocycles. The van der Waals surface area contributed by atoms with E-state index in [1.54, 1.807) is 14.2 Å². The fourth-order valence-electron chi connectivity index (χ4n) is 6.38. The van der Waals surface area contributed by atoms with Gasteiger partial charge in [0.25, 0.3) is 0 Å². The van der Waals surface area contributed by atoms with Crippen molar-refractivity contribution in [1.29, 1.82) is 0 Å². The predicted octanol–water partition coefficient (Wildman–Crippen LogP) is 5.46. The number of benzene rings is 1. The Balaban J connectivity index is 0.00000216. The van der Waals surface area contributed by atoms with Crippen LogP contribution >= 0.6 is 23.4 Å². The molecule has 3 aliphatic rings. The summed E-state index contributed by atoms with van der Waals surface area (Å²) in [5, 5.41) is 11.3. The number of ether oxygens (including phenoxy) is 2. The van der Waals surface area contributed by atoms with Crippen molar-refractivity contribution in [2.24, 2.45) is 5.92 Å². The SMILES string of the molecule is [B][P+]1(C2[CH-][C@@H]([C@@H](O)c3ccccc3Br)CCC2)N(CCOC)[C@@H]2CCCC[C@H]2N1CCOC.[CH3-].[Fe+2]. The Labute approximate surface area is 234 Å². The number of aliphatic hydroxyl groups excluding tert-OH is 1. The van der Waals surface area contributed by atoms with Crippen molar-refractivity contribution in [3.05, 3.63) is 48.1 Å². The van der Waals surface area contributed by atoms with Crippen LogP contribution in [0.15, 0.2) is 28.7 Å². The van der Waals surface area contributed by atoms with Gasteiger partial charge < -0.3 is 22.0 Å². The summed E-state index contributed by atoms with van der Waals surface area (Å²) >= 11 is 3.64. The molecule has 2 aliphatic carbocycles. The van der Waals surface area contributed by atoms with Gasteiger partial charge >= 0.3 is 24.6 Å². The van der Waals surface area contributed by atoms with Gasteiger partial charge in [-0.25, -0.2) is 0 Å². The molecule has 2 radical (unpaired) electrons. The molecular formula is C26H42BBrFeN2O3P+. The van der Waals surface area contributed by atoms with Gasteiger partial charge in [0.2, 0.25) is 0 Å². The molecule has 5 atom stereocenters. The van der Waals surface area contributed by atoms with Crippen molar-refractivity contribution in [3.63, 3.8) is 0 Å². The average molecular weight is 608 g/mol. The van der Waals surface area contributed by atoms with Gasteiger partial charge in [-0.1, -0.05) is 59.8 Å². The Morgan fingerprint density at radius 2 is 1.60 bits per heavy atom. The second-order valence-corrected chi connectivity index (χ2v) is 13.7. The van der Waals surface area contributed by atoms with Crippen LogP contribution in [0.1, 0.15) is 56.6 Å². The summed E-state index contributed by atoms with van der Waals surface area (Å²) in [7, 11) is 9.06. The van der Waals surface area contributed by atoms with Crippen molar-refractivity contribution in [1.82, 2.24) is 9.34 Å². The van der Waals surface area contributed by atoms with Crippen molar-refractivity contribution >= 4 is 30.9 Å². The van der Waals surface area contributed by atoms with Gasteiger partial charge in [-0.3, -0.25) is 6.42 Å². The average Bonchev–Trinajstić information content (AvgIpc) is 3.09. The molecule has 2 saturated carbocycles. The van der Waals surface area contributed by atoms with E-state index in [2.05, 4.69) is 31.7 Å². The Hall–Kier alpha value is 0.514. The third kappa shape index (κ3) is 6.57. The maximum absolute atomic E-state index is 11.3. The molecule has 1 aromatic rings. The van der Waals surface area contributed by atoms with E-state index in [-0.39, 0.29) is 36.1 Å². The minimum Gasteiger partial charge on any atom is -0.391 e. The molecule has 1 aromatic carbocycles. The van der Waals surface area contributed by atoms with Crippen LogP contribution in [0.3, 0.4) is 0 Å². The van der Waals surface area contributed by atoms with Crippen LogP contribution in [-0.2, 0) is 26.5 Å². The number of nitrogens with zero attached hydrogens (tertiary/aromatic N) is 2. The summed E-state index contributed by atoms with van der Waals surface area (Å²) < 4.78 is 17.4. The van der Waals surface area contributed by atoms with Crippen molar-refractivity contribution in [3.8, 4) is 0 Å². The summed E-state index contributed by atoms with van der Waals surface area (Å²) in [5.41, 5.74) is 1.25. The smallest absolute Gasteiger partial charge is 0.391 e. The molecule has 5 nitrogen and oxygen atoms in total. The van der Waals surface area contributed by atoms with E-state index in [1.807, 2.05) is 24.3 Å². The normalized spacial score (nSPS) is 29.6. The first-order valence-electron chi connectivity index (χ1n) is 12.5. The fourth-order valence-corrected chi connectivity index (χ4v) is 11.3. The van der Waals surface area contributed by atoms with Crippen molar-refractivity contribution < 1.29 is 31.6 Å². The minimum atomic E-state index is -2.13. The number of fused-ring (bicyclic) bond motifs is 1. The zero-order chi connectivity index (χ0) is 23.4. The topological polar surface area (TPSA) is 45.2 Å². The molecule has 0 spiro atoms. The summed E-state index contributed by atoms with van der Waals surface area (Å²) in [6, 6.07) is 9.05. The molecule has 0 bridgehead atoms. The predicted molar refractivity (Wildman–Crippen MR) is 147 cm³/mol. The summed E-state index contributed by atoms with van der Waals surface area (Å²) in [6.07, 6.45) is 10.1. The van der Waals surface area contributed by atoms with Gasteiger partial charge in [-0.2, -0.15) is 9.34 Å². The second kappa shape index (κ2) is 14.6. The maximum Gasteiger partial charge on any atom is 2.00 e. The summed E-state index contributed by atoms with van der Waals surface area (Å²) in [6.45, 7) is 3.17. The first-order chi connectivity index (χ1) is 16.0. The monoisotopic (exact) mass is 607 g/mol. The first kappa shape index (κ1) is 31.7. The van der Waals surface area contributed by atoms with Gasteiger partial charge in [0.1, 0.15) is 0 Å². The van der Waals surface area contributed by atoms with Crippen LogP contribution in [0.5, 0.6) is 0 Å². The largest absolute Gasteiger partial charge is 2.00 e. The quantitative estimate of drug-likeness (QED) is 0.230. The van der Waals surface area contributed by atoms with E-state index < -0.39 is 13.5 Å². The molecule has 196 valence electrons. The van der Waals surface area contributed by atoms with Crippen molar-refractivity contribution in [2.45, 2.75) is 68.8 Å². The van der Waals surface area contributed by atoms with Crippen LogP contribution in [0.2, 0.25) is 0 Å². The van der Waals surface area contributed by atoms with E-state index in [0.717, 1.165) is 42.4 Å². The molecule has 4 rings (SSSR count). The molecule has 3 fully saturated rings. The molecule has 0 aromatic heterocycles. The third-order valence-corrected chi connectivity index (χ3v) is 12.7. The molecule has 1 saturated heterocycles. The van der Waals surface area contributed by atoms with Crippen molar-refractivity contribution in [2.75, 3.05) is 40.5 Å². The van der Waals surface area contributed by atoms with Crippen LogP contribution in [0.4, 0.5) is 0 Å². The maximum atomic E-state index is 11.3. The summed E-state index contributed by atoms with van der Waals surface area (Å²) in [5.74, 6) is 0.110. The zero-order valence-corrected chi connectivity index (χ0v) is 25.1. The van der Waals surface area contributed by atoms with Crippen LogP contribution in [-0.4, -0.2) is 80.3 Å².